The van der Waals surface area contributed by atoms with Crippen LogP contribution in [0.15, 0.2) is 42.7 Å². The van der Waals surface area contributed by atoms with E-state index < -0.39 is 6.04 Å². The van der Waals surface area contributed by atoms with E-state index in [1.54, 1.807) is 26.5 Å². The van der Waals surface area contributed by atoms with E-state index in [1.165, 1.54) is 9.58 Å². The van der Waals surface area contributed by atoms with Crippen molar-refractivity contribution in [1.82, 2.24) is 19.6 Å². The lowest BCUT2D eigenvalue weighted by Crippen LogP contribution is -2.43. The highest BCUT2D eigenvalue weighted by Crippen LogP contribution is 2.26. The van der Waals surface area contributed by atoms with Gasteiger partial charge in [-0.25, -0.2) is 0 Å². The molecular formula is C20H27N5O3. The Morgan fingerprint density at radius 2 is 1.93 bits per heavy atom. The Morgan fingerprint density at radius 3 is 2.57 bits per heavy atom. The molecule has 28 heavy (non-hydrogen) atoms. The summed E-state index contributed by atoms with van der Waals surface area (Å²) in [6.45, 7) is 1.44. The lowest BCUT2D eigenvalue weighted by molar-refractivity contribution is -0.129. The first-order valence-corrected chi connectivity index (χ1v) is 9.44. The highest BCUT2D eigenvalue weighted by Gasteiger charge is 2.30. The third-order valence-corrected chi connectivity index (χ3v) is 4.92. The van der Waals surface area contributed by atoms with Crippen LogP contribution in [0.3, 0.4) is 0 Å². The molecule has 3 rings (SSSR count). The summed E-state index contributed by atoms with van der Waals surface area (Å²) in [6, 6.07) is 9.19. The van der Waals surface area contributed by atoms with Gasteiger partial charge in [0.1, 0.15) is 12.6 Å². The molecule has 0 aliphatic carbocycles. The van der Waals surface area contributed by atoms with Crippen molar-refractivity contribution >= 4 is 17.5 Å². The number of nitrogens with zero attached hydrogens (tertiary/aromatic N) is 4. The molecule has 1 unspecified atom stereocenters. The molecule has 2 heterocycles. The highest BCUT2D eigenvalue weighted by molar-refractivity contribution is 5.95. The minimum Gasteiger partial charge on any atom is -0.393 e. The molecule has 2 amide bonds. The van der Waals surface area contributed by atoms with Crippen molar-refractivity contribution in [3.8, 4) is 0 Å². The van der Waals surface area contributed by atoms with Gasteiger partial charge >= 0.3 is 0 Å². The van der Waals surface area contributed by atoms with Crippen molar-refractivity contribution < 1.29 is 14.7 Å². The molecule has 8 heteroatoms. The topological polar surface area (TPSA) is 90.7 Å². The number of hydrogen-bond acceptors (Lipinski definition) is 5. The summed E-state index contributed by atoms with van der Waals surface area (Å²) in [4.78, 5) is 28.5. The highest BCUT2D eigenvalue weighted by atomic mass is 16.3. The number of aliphatic hydroxyl groups is 1. The molecule has 2 N–H and O–H groups in total. The van der Waals surface area contributed by atoms with E-state index in [0.717, 1.165) is 5.56 Å². The molecule has 150 valence electrons. The SMILES string of the molecule is CN(C)C(=O)Cn1cc(NC(=O)C(c2ccccc2)N2CCC(O)CC2)cn1. The third kappa shape index (κ3) is 4.96. The van der Waals surface area contributed by atoms with Gasteiger partial charge < -0.3 is 15.3 Å². The fourth-order valence-corrected chi connectivity index (χ4v) is 3.31. The summed E-state index contributed by atoms with van der Waals surface area (Å²) in [5.41, 5.74) is 1.46. The normalized spacial score (nSPS) is 16.5. The van der Waals surface area contributed by atoms with Crippen LogP contribution in [0, 0.1) is 0 Å². The molecule has 2 aromatic rings. The van der Waals surface area contributed by atoms with Gasteiger partial charge in [-0.05, 0) is 18.4 Å². The molecule has 1 saturated heterocycles. The average Bonchev–Trinajstić information content (AvgIpc) is 3.11. The first-order valence-electron chi connectivity index (χ1n) is 9.44. The fraction of sp³-hybridized carbons (Fsp3) is 0.450. The number of carbonyl (C=O) groups is 2. The molecule has 0 bridgehead atoms. The number of piperidine rings is 1. The maximum absolute atomic E-state index is 13.1. The van der Waals surface area contributed by atoms with Crippen LogP contribution in [0.2, 0.25) is 0 Å². The maximum Gasteiger partial charge on any atom is 0.246 e. The zero-order valence-corrected chi connectivity index (χ0v) is 16.3. The molecule has 0 spiro atoms. The Morgan fingerprint density at radius 1 is 1.25 bits per heavy atom. The zero-order valence-electron chi connectivity index (χ0n) is 16.3. The first-order chi connectivity index (χ1) is 13.4. The number of aliphatic hydroxyl groups excluding tert-OH is 1. The summed E-state index contributed by atoms with van der Waals surface area (Å²) in [5.74, 6) is -0.226. The number of benzene rings is 1. The number of amides is 2. The predicted molar refractivity (Wildman–Crippen MR) is 106 cm³/mol. The van der Waals surface area contributed by atoms with Crippen LogP contribution in [-0.2, 0) is 16.1 Å². The molecule has 1 aliphatic heterocycles. The van der Waals surface area contributed by atoms with Crippen LogP contribution in [0.25, 0.3) is 0 Å². The van der Waals surface area contributed by atoms with Gasteiger partial charge in [0.25, 0.3) is 0 Å². The Balaban J connectivity index is 1.73. The van der Waals surface area contributed by atoms with Crippen molar-refractivity contribution in [1.29, 1.82) is 0 Å². The van der Waals surface area contributed by atoms with Crippen LogP contribution in [0.4, 0.5) is 5.69 Å². The number of nitrogens with one attached hydrogen (secondary N) is 1. The molecule has 0 saturated carbocycles. The molecule has 0 radical (unpaired) electrons. The molecule has 1 aromatic heterocycles. The zero-order chi connectivity index (χ0) is 20.1. The van der Waals surface area contributed by atoms with Gasteiger partial charge in [0, 0.05) is 33.4 Å². The van der Waals surface area contributed by atoms with E-state index in [2.05, 4.69) is 15.3 Å². The number of anilines is 1. The van der Waals surface area contributed by atoms with Crippen LogP contribution < -0.4 is 5.32 Å². The van der Waals surface area contributed by atoms with E-state index in [0.29, 0.717) is 31.6 Å². The second kappa shape index (κ2) is 8.99. The lowest BCUT2D eigenvalue weighted by atomic mass is 10.00. The van der Waals surface area contributed by atoms with Gasteiger partial charge in [-0.15, -0.1) is 0 Å². The summed E-state index contributed by atoms with van der Waals surface area (Å²) in [6.07, 6.45) is 4.20. The van der Waals surface area contributed by atoms with Crippen LogP contribution in [0.5, 0.6) is 0 Å². The molecule has 1 aliphatic rings. The predicted octanol–water partition coefficient (Wildman–Crippen LogP) is 1.11. The van der Waals surface area contributed by atoms with Crippen molar-refractivity contribution in [2.45, 2.75) is 31.5 Å². The van der Waals surface area contributed by atoms with Crippen LogP contribution in [-0.4, -0.2) is 69.8 Å². The number of aromatic nitrogens is 2. The first kappa shape index (κ1) is 20.0. The van der Waals surface area contributed by atoms with Crippen LogP contribution in [0.1, 0.15) is 24.4 Å². The molecular weight excluding hydrogens is 358 g/mol. The van der Waals surface area contributed by atoms with Crippen molar-refractivity contribution in [3.63, 3.8) is 0 Å². The molecule has 1 atom stereocenters. The number of carbonyl (C=O) groups excluding carboxylic acids is 2. The van der Waals surface area contributed by atoms with Crippen LogP contribution >= 0.6 is 0 Å². The Hall–Kier alpha value is -2.71. The minimum absolute atomic E-state index is 0.0741. The fourth-order valence-electron chi connectivity index (χ4n) is 3.31. The van der Waals surface area contributed by atoms with Gasteiger partial charge in [0.15, 0.2) is 0 Å². The largest absolute Gasteiger partial charge is 0.393 e. The molecule has 8 nitrogen and oxygen atoms in total. The summed E-state index contributed by atoms with van der Waals surface area (Å²) in [5, 5.41) is 16.9. The summed E-state index contributed by atoms with van der Waals surface area (Å²) >= 11 is 0. The van der Waals surface area contributed by atoms with Gasteiger partial charge in [0.05, 0.1) is 18.0 Å². The van der Waals surface area contributed by atoms with Gasteiger partial charge in [-0.3, -0.25) is 19.2 Å². The summed E-state index contributed by atoms with van der Waals surface area (Å²) in [7, 11) is 3.38. The van der Waals surface area contributed by atoms with E-state index >= 15 is 0 Å². The second-order valence-electron chi connectivity index (χ2n) is 7.28. The summed E-state index contributed by atoms with van der Waals surface area (Å²) < 4.78 is 1.51. The van der Waals surface area contributed by atoms with E-state index in [-0.39, 0.29) is 24.5 Å². The quantitative estimate of drug-likeness (QED) is 0.777. The second-order valence-corrected chi connectivity index (χ2v) is 7.28. The number of likely N-dealkylation sites (N-methyl/N-ethyl adjacent to an activating group) is 1. The minimum atomic E-state index is -0.444. The monoisotopic (exact) mass is 385 g/mol. The Kier molecular flexibility index (Phi) is 6.43. The number of hydrogen-bond donors (Lipinski definition) is 2. The maximum atomic E-state index is 13.1. The molecule has 1 aromatic carbocycles. The third-order valence-electron chi connectivity index (χ3n) is 4.92. The van der Waals surface area contributed by atoms with E-state index in [9.17, 15) is 14.7 Å². The average molecular weight is 385 g/mol. The Labute approximate surface area is 164 Å². The van der Waals surface area contributed by atoms with Gasteiger partial charge in [0.2, 0.25) is 11.8 Å². The Bertz CT molecular complexity index is 797. The number of rotatable bonds is 6. The van der Waals surface area contributed by atoms with Gasteiger partial charge in [-0.1, -0.05) is 30.3 Å². The van der Waals surface area contributed by atoms with Crippen molar-refractivity contribution in [2.24, 2.45) is 0 Å². The standard InChI is InChI=1S/C20H27N5O3/c1-23(2)18(27)14-25-13-16(12-21-25)22-20(28)19(15-6-4-3-5-7-15)24-10-8-17(26)9-11-24/h3-7,12-13,17,19,26H,8-11,14H2,1-2H3,(H,22,28). The van der Waals surface area contributed by atoms with Crippen molar-refractivity contribution in [3.05, 3.63) is 48.3 Å². The number of likely N-dealkylation sites (tertiary alicyclic amines) is 1. The molecule has 1 fully saturated rings. The van der Waals surface area contributed by atoms with Crippen molar-refractivity contribution in [2.75, 3.05) is 32.5 Å². The van der Waals surface area contributed by atoms with E-state index in [1.807, 2.05) is 30.3 Å². The van der Waals surface area contributed by atoms with Gasteiger partial charge in [-0.2, -0.15) is 5.10 Å². The van der Waals surface area contributed by atoms with E-state index in [4.69, 9.17) is 0 Å². The smallest absolute Gasteiger partial charge is 0.246 e. The lowest BCUT2D eigenvalue weighted by Gasteiger charge is -2.35.